The molecule has 23 heavy (non-hydrogen) atoms. The van der Waals surface area contributed by atoms with Crippen molar-refractivity contribution >= 4 is 11.8 Å². The molecule has 0 aromatic heterocycles. The second-order valence-corrected chi connectivity index (χ2v) is 6.95. The first kappa shape index (κ1) is 16.3. The molecule has 1 N–H and O–H groups in total. The summed E-state index contributed by atoms with van der Waals surface area (Å²) in [6.45, 7) is 6.48. The average molecular weight is 316 g/mol. The minimum absolute atomic E-state index is 0.608. The summed E-state index contributed by atoms with van der Waals surface area (Å²) in [5.41, 5.74) is 3.41. The molecule has 0 aliphatic carbocycles. The van der Waals surface area contributed by atoms with Gasteiger partial charge in [0, 0.05) is 6.54 Å². The number of hydrogen-bond acceptors (Lipinski definition) is 2. The minimum atomic E-state index is -0.814. The summed E-state index contributed by atoms with van der Waals surface area (Å²) in [6, 6.07) is 6.30. The van der Waals surface area contributed by atoms with E-state index in [1.165, 1.54) is 56.4 Å². The molecule has 0 unspecified atom stereocenters. The van der Waals surface area contributed by atoms with Crippen LogP contribution in [0.3, 0.4) is 0 Å². The monoisotopic (exact) mass is 316 g/mol. The molecule has 2 heterocycles. The van der Waals surface area contributed by atoms with Crippen LogP contribution in [-0.4, -0.2) is 42.3 Å². The molecule has 0 bridgehead atoms. The molecule has 126 valence electrons. The lowest BCUT2D eigenvalue weighted by Crippen LogP contribution is -2.35. The summed E-state index contributed by atoms with van der Waals surface area (Å²) < 4.78 is 0. The molecular formula is C19H28N2O2. The van der Waals surface area contributed by atoms with Gasteiger partial charge in [0.2, 0.25) is 0 Å². The number of unbranched alkanes of at least 4 members (excludes halogenated alkanes) is 1. The van der Waals surface area contributed by atoms with Crippen LogP contribution in [0.1, 0.15) is 43.7 Å². The number of benzene rings is 1. The zero-order valence-electron chi connectivity index (χ0n) is 14.1. The van der Waals surface area contributed by atoms with Crippen LogP contribution in [0.2, 0.25) is 0 Å². The van der Waals surface area contributed by atoms with Gasteiger partial charge in [0.25, 0.3) is 0 Å². The van der Waals surface area contributed by atoms with Crippen molar-refractivity contribution in [3.05, 3.63) is 29.3 Å². The summed E-state index contributed by atoms with van der Waals surface area (Å²) in [4.78, 5) is 15.6. The van der Waals surface area contributed by atoms with Gasteiger partial charge in [0.1, 0.15) is 0 Å². The number of carbonyl (C=O) groups is 1. The van der Waals surface area contributed by atoms with E-state index in [1.54, 1.807) is 4.90 Å². The molecule has 0 saturated carbocycles. The summed E-state index contributed by atoms with van der Waals surface area (Å²) in [6.07, 6.45) is 6.09. The topological polar surface area (TPSA) is 43.8 Å². The standard InChI is InChI=1S/C19H28N2O2/c1-2-3-10-20-11-7-15(8-12-20)14-17-6-4-5-16-9-13-21(18(16)17)19(22)23/h4-6,15H,2-3,7-14H2,1H3,(H,22,23). The van der Waals surface area contributed by atoms with Crippen molar-refractivity contribution in [2.24, 2.45) is 5.92 Å². The Morgan fingerprint density at radius 1 is 1.26 bits per heavy atom. The van der Waals surface area contributed by atoms with Gasteiger partial charge in [-0.05, 0) is 68.8 Å². The van der Waals surface area contributed by atoms with Gasteiger partial charge in [-0.2, -0.15) is 0 Å². The molecular weight excluding hydrogens is 288 g/mol. The average Bonchev–Trinajstić information content (AvgIpc) is 2.99. The Balaban J connectivity index is 1.64. The van der Waals surface area contributed by atoms with Crippen LogP contribution in [0.5, 0.6) is 0 Å². The fraction of sp³-hybridized carbons (Fsp3) is 0.632. The third-order valence-corrected chi connectivity index (χ3v) is 5.35. The number of hydrogen-bond donors (Lipinski definition) is 1. The fourth-order valence-electron chi connectivity index (χ4n) is 4.00. The van der Waals surface area contributed by atoms with Crippen LogP contribution in [0.4, 0.5) is 10.5 Å². The minimum Gasteiger partial charge on any atom is -0.465 e. The molecule has 4 nitrogen and oxygen atoms in total. The maximum Gasteiger partial charge on any atom is 0.411 e. The fourth-order valence-corrected chi connectivity index (χ4v) is 4.00. The Bertz CT molecular complexity index is 550. The first-order valence-corrected chi connectivity index (χ1v) is 9.02. The Kier molecular flexibility index (Phi) is 5.21. The van der Waals surface area contributed by atoms with Crippen LogP contribution >= 0.6 is 0 Å². The summed E-state index contributed by atoms with van der Waals surface area (Å²) >= 11 is 0. The van der Waals surface area contributed by atoms with Crippen molar-refractivity contribution in [3.63, 3.8) is 0 Å². The Labute approximate surface area is 139 Å². The van der Waals surface area contributed by atoms with Gasteiger partial charge >= 0.3 is 6.09 Å². The second-order valence-electron chi connectivity index (χ2n) is 6.95. The Morgan fingerprint density at radius 3 is 2.74 bits per heavy atom. The zero-order valence-corrected chi connectivity index (χ0v) is 14.1. The van der Waals surface area contributed by atoms with Crippen molar-refractivity contribution in [2.75, 3.05) is 31.1 Å². The normalized spacial score (nSPS) is 19.1. The third-order valence-electron chi connectivity index (χ3n) is 5.35. The lowest BCUT2D eigenvalue weighted by Gasteiger charge is -2.32. The summed E-state index contributed by atoms with van der Waals surface area (Å²) in [5.74, 6) is 0.690. The van der Waals surface area contributed by atoms with Crippen LogP contribution in [0, 0.1) is 5.92 Å². The molecule has 1 saturated heterocycles. The smallest absolute Gasteiger partial charge is 0.411 e. The number of para-hydroxylation sites is 1. The number of likely N-dealkylation sites (tertiary alicyclic amines) is 1. The molecule has 1 fully saturated rings. The predicted molar refractivity (Wildman–Crippen MR) is 93.3 cm³/mol. The largest absolute Gasteiger partial charge is 0.465 e. The molecule has 1 amide bonds. The number of nitrogens with zero attached hydrogens (tertiary/aromatic N) is 2. The van der Waals surface area contributed by atoms with Crippen LogP contribution in [0.25, 0.3) is 0 Å². The molecule has 4 heteroatoms. The van der Waals surface area contributed by atoms with Gasteiger partial charge in [-0.1, -0.05) is 31.5 Å². The summed E-state index contributed by atoms with van der Waals surface area (Å²) in [7, 11) is 0. The second kappa shape index (κ2) is 7.35. The highest BCUT2D eigenvalue weighted by molar-refractivity contribution is 5.90. The molecule has 1 aromatic rings. The van der Waals surface area contributed by atoms with E-state index in [-0.39, 0.29) is 0 Å². The van der Waals surface area contributed by atoms with Gasteiger partial charge < -0.3 is 10.0 Å². The van der Waals surface area contributed by atoms with E-state index < -0.39 is 6.09 Å². The van der Waals surface area contributed by atoms with Crippen molar-refractivity contribution in [1.82, 2.24) is 4.90 Å². The number of anilines is 1. The lowest BCUT2D eigenvalue weighted by molar-refractivity contribution is 0.182. The van der Waals surface area contributed by atoms with Crippen molar-refractivity contribution in [2.45, 2.75) is 45.4 Å². The quantitative estimate of drug-likeness (QED) is 0.899. The first-order valence-electron chi connectivity index (χ1n) is 9.02. The van der Waals surface area contributed by atoms with Crippen molar-refractivity contribution in [1.29, 1.82) is 0 Å². The van der Waals surface area contributed by atoms with Crippen molar-refractivity contribution < 1.29 is 9.90 Å². The summed E-state index contributed by atoms with van der Waals surface area (Å²) in [5, 5.41) is 9.43. The van der Waals surface area contributed by atoms with Crippen LogP contribution in [0.15, 0.2) is 18.2 Å². The molecule has 0 atom stereocenters. The maximum atomic E-state index is 11.5. The van der Waals surface area contributed by atoms with Gasteiger partial charge in [0.15, 0.2) is 0 Å². The van der Waals surface area contributed by atoms with Gasteiger partial charge in [-0.25, -0.2) is 4.79 Å². The third kappa shape index (κ3) is 3.69. The molecule has 1 aromatic carbocycles. The number of amides is 1. The van der Waals surface area contributed by atoms with Crippen LogP contribution in [-0.2, 0) is 12.8 Å². The van der Waals surface area contributed by atoms with E-state index in [9.17, 15) is 9.90 Å². The SMILES string of the molecule is CCCCN1CCC(Cc2cccc3c2N(C(=O)O)CC3)CC1. The molecule has 2 aliphatic heterocycles. The number of piperidine rings is 1. The van der Waals surface area contributed by atoms with Gasteiger partial charge in [-0.15, -0.1) is 0 Å². The number of fused-ring (bicyclic) bond motifs is 1. The molecule has 3 rings (SSSR count). The molecule has 2 aliphatic rings. The molecule has 0 radical (unpaired) electrons. The highest BCUT2D eigenvalue weighted by Crippen LogP contribution is 2.34. The number of rotatable bonds is 5. The maximum absolute atomic E-state index is 11.5. The Hall–Kier alpha value is -1.55. The molecule has 0 spiro atoms. The highest BCUT2D eigenvalue weighted by Gasteiger charge is 2.28. The van der Waals surface area contributed by atoms with E-state index in [0.717, 1.165) is 18.5 Å². The van der Waals surface area contributed by atoms with E-state index in [0.29, 0.717) is 12.5 Å². The number of carboxylic acid groups (broad SMARTS) is 1. The van der Waals surface area contributed by atoms with Crippen LogP contribution < -0.4 is 4.90 Å². The van der Waals surface area contributed by atoms with E-state index in [1.807, 2.05) is 0 Å². The zero-order chi connectivity index (χ0) is 16.2. The predicted octanol–water partition coefficient (Wildman–Crippen LogP) is 3.78. The van der Waals surface area contributed by atoms with Gasteiger partial charge in [0.05, 0.1) is 5.69 Å². The lowest BCUT2D eigenvalue weighted by atomic mass is 9.88. The highest BCUT2D eigenvalue weighted by atomic mass is 16.4. The Morgan fingerprint density at radius 2 is 2.04 bits per heavy atom. The van der Waals surface area contributed by atoms with Gasteiger partial charge in [-0.3, -0.25) is 4.90 Å². The van der Waals surface area contributed by atoms with E-state index >= 15 is 0 Å². The van der Waals surface area contributed by atoms with E-state index in [4.69, 9.17) is 0 Å². The van der Waals surface area contributed by atoms with E-state index in [2.05, 4.69) is 30.0 Å². The first-order chi connectivity index (χ1) is 11.2. The van der Waals surface area contributed by atoms with Crippen molar-refractivity contribution in [3.8, 4) is 0 Å².